The molecule has 0 atom stereocenters. The predicted molar refractivity (Wildman–Crippen MR) is 94.7 cm³/mol. The second-order valence-electron chi connectivity index (χ2n) is 5.48. The third-order valence-electron chi connectivity index (χ3n) is 3.75. The van der Waals surface area contributed by atoms with Crippen molar-refractivity contribution in [2.75, 3.05) is 27.2 Å². The van der Waals surface area contributed by atoms with E-state index >= 15 is 0 Å². The maximum atomic E-state index is 12.5. The van der Waals surface area contributed by atoms with Gasteiger partial charge in [0.1, 0.15) is 5.75 Å². The molecule has 0 spiro atoms. The smallest absolute Gasteiger partial charge is 0.236 e. The number of hydrogen-bond acceptors (Lipinski definition) is 4. The van der Waals surface area contributed by atoms with Crippen molar-refractivity contribution in [3.63, 3.8) is 0 Å². The molecule has 2 rings (SSSR count). The van der Waals surface area contributed by atoms with Gasteiger partial charge < -0.3 is 9.64 Å². The molecule has 23 heavy (non-hydrogen) atoms. The minimum atomic E-state index is 0.131. The van der Waals surface area contributed by atoms with Crippen LogP contribution in [-0.2, 0) is 17.9 Å². The molecular weight excluding hydrogens is 308 g/mol. The fourth-order valence-electron chi connectivity index (χ4n) is 2.35. The molecule has 1 aromatic heterocycles. The second kappa shape index (κ2) is 8.70. The van der Waals surface area contributed by atoms with E-state index in [-0.39, 0.29) is 5.91 Å². The topological polar surface area (TPSA) is 32.8 Å². The van der Waals surface area contributed by atoms with Gasteiger partial charge in [0.05, 0.1) is 13.7 Å². The fourth-order valence-corrected chi connectivity index (χ4v) is 3.09. The summed E-state index contributed by atoms with van der Waals surface area (Å²) < 4.78 is 5.23. The highest BCUT2D eigenvalue weighted by molar-refractivity contribution is 7.09. The van der Waals surface area contributed by atoms with Crippen molar-refractivity contribution in [3.8, 4) is 5.75 Å². The van der Waals surface area contributed by atoms with Gasteiger partial charge in [-0.1, -0.05) is 25.1 Å². The molecule has 0 radical (unpaired) electrons. The predicted octanol–water partition coefficient (Wildman–Crippen LogP) is 3.24. The monoisotopic (exact) mass is 332 g/mol. The normalized spacial score (nSPS) is 10.8. The van der Waals surface area contributed by atoms with Crippen LogP contribution in [0.4, 0.5) is 0 Å². The standard InChI is InChI=1S/C18H24N2O2S/c1-4-20(13-17-9-6-10-23-17)14-18(21)19(2)12-15-7-5-8-16(11-15)22-3/h5-11H,4,12-14H2,1-3H3. The molecule has 0 bridgehead atoms. The maximum Gasteiger partial charge on any atom is 0.236 e. The van der Waals surface area contributed by atoms with E-state index in [1.165, 1.54) is 4.88 Å². The van der Waals surface area contributed by atoms with Crippen LogP contribution >= 0.6 is 11.3 Å². The number of carbonyl (C=O) groups excluding carboxylic acids is 1. The van der Waals surface area contributed by atoms with Gasteiger partial charge in [-0.15, -0.1) is 11.3 Å². The highest BCUT2D eigenvalue weighted by Gasteiger charge is 2.14. The van der Waals surface area contributed by atoms with Gasteiger partial charge in [-0.25, -0.2) is 0 Å². The van der Waals surface area contributed by atoms with E-state index in [9.17, 15) is 4.79 Å². The zero-order chi connectivity index (χ0) is 16.7. The molecule has 0 aliphatic carbocycles. The van der Waals surface area contributed by atoms with Crippen LogP contribution < -0.4 is 4.74 Å². The summed E-state index contributed by atoms with van der Waals surface area (Å²) in [5.74, 6) is 0.947. The van der Waals surface area contributed by atoms with Gasteiger partial charge in [-0.3, -0.25) is 9.69 Å². The van der Waals surface area contributed by atoms with Crippen LogP contribution in [0.15, 0.2) is 41.8 Å². The van der Waals surface area contributed by atoms with Gasteiger partial charge in [0.25, 0.3) is 0 Å². The molecule has 4 nitrogen and oxygen atoms in total. The van der Waals surface area contributed by atoms with E-state index in [1.807, 2.05) is 37.4 Å². The molecule has 124 valence electrons. The third-order valence-corrected chi connectivity index (χ3v) is 4.61. The van der Waals surface area contributed by atoms with Crippen LogP contribution in [0.3, 0.4) is 0 Å². The lowest BCUT2D eigenvalue weighted by molar-refractivity contribution is -0.131. The van der Waals surface area contributed by atoms with E-state index in [2.05, 4.69) is 23.3 Å². The number of nitrogens with zero attached hydrogens (tertiary/aromatic N) is 2. The number of thiophene rings is 1. The highest BCUT2D eigenvalue weighted by Crippen LogP contribution is 2.15. The molecule has 0 fully saturated rings. The first-order valence-corrected chi connectivity index (χ1v) is 8.62. The van der Waals surface area contributed by atoms with E-state index in [0.717, 1.165) is 24.4 Å². The molecule has 0 N–H and O–H groups in total. The first-order valence-electron chi connectivity index (χ1n) is 7.74. The van der Waals surface area contributed by atoms with Crippen LogP contribution in [0, 0.1) is 0 Å². The summed E-state index contributed by atoms with van der Waals surface area (Å²) >= 11 is 1.73. The lowest BCUT2D eigenvalue weighted by Gasteiger charge is -2.23. The quantitative estimate of drug-likeness (QED) is 0.744. The minimum absolute atomic E-state index is 0.131. The van der Waals surface area contributed by atoms with Crippen molar-refractivity contribution in [1.82, 2.24) is 9.80 Å². The summed E-state index contributed by atoms with van der Waals surface area (Å²) in [6.07, 6.45) is 0. The van der Waals surface area contributed by atoms with Crippen LogP contribution in [0.1, 0.15) is 17.4 Å². The van der Waals surface area contributed by atoms with Crippen molar-refractivity contribution in [2.24, 2.45) is 0 Å². The number of benzene rings is 1. The van der Waals surface area contributed by atoms with E-state index in [0.29, 0.717) is 13.1 Å². The molecule has 0 aliphatic rings. The van der Waals surface area contributed by atoms with Crippen molar-refractivity contribution in [2.45, 2.75) is 20.0 Å². The Morgan fingerprint density at radius 1 is 1.22 bits per heavy atom. The maximum absolute atomic E-state index is 12.5. The lowest BCUT2D eigenvalue weighted by Crippen LogP contribution is -2.37. The Balaban J connectivity index is 1.90. The highest BCUT2D eigenvalue weighted by atomic mass is 32.1. The van der Waals surface area contributed by atoms with Crippen molar-refractivity contribution < 1.29 is 9.53 Å². The molecule has 1 heterocycles. The van der Waals surface area contributed by atoms with E-state index < -0.39 is 0 Å². The Morgan fingerprint density at radius 2 is 2.04 bits per heavy atom. The molecule has 0 unspecified atom stereocenters. The van der Waals surface area contributed by atoms with Crippen molar-refractivity contribution in [1.29, 1.82) is 0 Å². The number of hydrogen-bond donors (Lipinski definition) is 0. The molecule has 1 aromatic carbocycles. The number of amides is 1. The number of carbonyl (C=O) groups is 1. The zero-order valence-electron chi connectivity index (χ0n) is 14.0. The van der Waals surface area contributed by atoms with Gasteiger partial charge in [0.2, 0.25) is 5.91 Å². The van der Waals surface area contributed by atoms with Crippen LogP contribution in [0.5, 0.6) is 5.75 Å². The summed E-state index contributed by atoms with van der Waals surface area (Å²) in [4.78, 5) is 17.7. The summed E-state index contributed by atoms with van der Waals surface area (Å²) in [5, 5.41) is 2.07. The van der Waals surface area contributed by atoms with E-state index in [4.69, 9.17) is 4.74 Å². The van der Waals surface area contributed by atoms with Gasteiger partial charge in [0.15, 0.2) is 0 Å². The number of ether oxygens (including phenoxy) is 1. The molecule has 2 aromatic rings. The Hall–Kier alpha value is -1.85. The Bertz CT molecular complexity index is 613. The van der Waals surface area contributed by atoms with Crippen molar-refractivity contribution in [3.05, 3.63) is 52.2 Å². The van der Waals surface area contributed by atoms with Gasteiger partial charge in [0, 0.05) is 25.0 Å². The van der Waals surface area contributed by atoms with Gasteiger partial charge in [-0.2, -0.15) is 0 Å². The number of likely N-dealkylation sites (N-methyl/N-ethyl adjacent to an activating group) is 2. The summed E-state index contributed by atoms with van der Waals surface area (Å²) in [6, 6.07) is 12.0. The molecule has 1 amide bonds. The van der Waals surface area contributed by atoms with Crippen LogP contribution in [0.2, 0.25) is 0 Å². The molecule has 0 saturated carbocycles. The SMILES string of the molecule is CCN(CC(=O)N(C)Cc1cccc(OC)c1)Cc1cccs1. The Labute approximate surface area is 142 Å². The summed E-state index contributed by atoms with van der Waals surface area (Å²) in [6.45, 7) is 4.80. The van der Waals surface area contributed by atoms with Crippen molar-refractivity contribution >= 4 is 17.2 Å². The summed E-state index contributed by atoms with van der Waals surface area (Å²) in [5.41, 5.74) is 1.07. The van der Waals surface area contributed by atoms with Crippen LogP contribution in [-0.4, -0.2) is 43.0 Å². The minimum Gasteiger partial charge on any atom is -0.497 e. The lowest BCUT2D eigenvalue weighted by atomic mass is 10.2. The first kappa shape index (κ1) is 17.5. The summed E-state index contributed by atoms with van der Waals surface area (Å²) in [7, 11) is 3.50. The molecule has 5 heteroatoms. The molecule has 0 saturated heterocycles. The Morgan fingerprint density at radius 3 is 2.70 bits per heavy atom. The van der Waals surface area contributed by atoms with E-state index in [1.54, 1.807) is 23.3 Å². The van der Waals surface area contributed by atoms with Crippen LogP contribution in [0.25, 0.3) is 0 Å². The second-order valence-corrected chi connectivity index (χ2v) is 6.52. The first-order chi connectivity index (χ1) is 11.1. The fraction of sp³-hybridized carbons (Fsp3) is 0.389. The largest absolute Gasteiger partial charge is 0.497 e. The van der Waals surface area contributed by atoms with Gasteiger partial charge in [-0.05, 0) is 35.7 Å². The molecule has 0 aliphatic heterocycles. The number of methoxy groups -OCH3 is 1. The number of rotatable bonds is 8. The Kier molecular flexibility index (Phi) is 6.62. The molecular formula is C18H24N2O2S. The third kappa shape index (κ3) is 5.37. The zero-order valence-corrected chi connectivity index (χ0v) is 14.8. The van der Waals surface area contributed by atoms with Gasteiger partial charge >= 0.3 is 0 Å². The average molecular weight is 332 g/mol. The average Bonchev–Trinajstić information content (AvgIpc) is 3.07.